The predicted molar refractivity (Wildman–Crippen MR) is 104 cm³/mol. The summed E-state index contributed by atoms with van der Waals surface area (Å²) in [7, 11) is 0. The van der Waals surface area contributed by atoms with Gasteiger partial charge in [-0.2, -0.15) is 36.4 Å². The molecule has 0 aliphatic carbocycles. The molecule has 0 radical (unpaired) electrons. The first-order chi connectivity index (χ1) is 12.9. The van der Waals surface area contributed by atoms with Crippen molar-refractivity contribution in [1.29, 1.82) is 0 Å². The van der Waals surface area contributed by atoms with Crippen LogP contribution in [0.2, 0.25) is 0 Å². The molecule has 0 spiro atoms. The van der Waals surface area contributed by atoms with Gasteiger partial charge in [0, 0.05) is 11.5 Å². The van der Waals surface area contributed by atoms with E-state index >= 15 is 0 Å². The van der Waals surface area contributed by atoms with Gasteiger partial charge in [0.25, 0.3) is 0 Å². The molecule has 0 heterocycles. The number of hydrogen-bond acceptors (Lipinski definition) is 2. The van der Waals surface area contributed by atoms with Crippen LogP contribution in [0.3, 0.4) is 0 Å². The minimum atomic E-state index is 0. The second-order valence-electron chi connectivity index (χ2n) is 5.30. The topological polar surface area (TPSA) is 18.5 Å². The van der Waals surface area contributed by atoms with Crippen LogP contribution in [0.5, 0.6) is 23.0 Å². The average Bonchev–Trinajstić information content (AvgIpc) is 2.72. The first kappa shape index (κ1) is 21.4. The van der Waals surface area contributed by atoms with Crippen molar-refractivity contribution in [3.05, 3.63) is 121 Å². The molecule has 0 unspecified atom stereocenters. The summed E-state index contributed by atoms with van der Waals surface area (Å²) in [6, 6.07) is 40.2. The Morgan fingerprint density at radius 2 is 0.704 bits per heavy atom. The Kier molecular flexibility index (Phi) is 9.91. The fourth-order valence-electron chi connectivity index (χ4n) is 2.13. The molecular formula is C24H18KO2-. The van der Waals surface area contributed by atoms with Gasteiger partial charge in [-0.15, -0.1) is 24.3 Å². The van der Waals surface area contributed by atoms with Crippen molar-refractivity contribution < 1.29 is 60.9 Å². The van der Waals surface area contributed by atoms with Gasteiger partial charge in [0.2, 0.25) is 0 Å². The number of benzene rings is 4. The van der Waals surface area contributed by atoms with E-state index in [1.807, 2.05) is 109 Å². The van der Waals surface area contributed by atoms with Gasteiger partial charge in [-0.25, -0.2) is 0 Å². The van der Waals surface area contributed by atoms with Crippen molar-refractivity contribution in [2.45, 2.75) is 0 Å². The van der Waals surface area contributed by atoms with E-state index in [0.29, 0.717) is 0 Å². The summed E-state index contributed by atoms with van der Waals surface area (Å²) in [5.74, 6) is 3.39. The zero-order valence-corrected chi connectivity index (χ0v) is 18.3. The summed E-state index contributed by atoms with van der Waals surface area (Å²) in [6.07, 6.45) is 0. The van der Waals surface area contributed by atoms with Crippen molar-refractivity contribution in [3.63, 3.8) is 0 Å². The third kappa shape index (κ3) is 8.12. The van der Waals surface area contributed by atoms with Crippen LogP contribution >= 0.6 is 0 Å². The van der Waals surface area contributed by atoms with E-state index < -0.39 is 0 Å². The molecule has 0 amide bonds. The van der Waals surface area contributed by atoms with Crippen molar-refractivity contribution in [2.24, 2.45) is 0 Å². The van der Waals surface area contributed by atoms with Gasteiger partial charge in [0.15, 0.2) is 0 Å². The Labute approximate surface area is 203 Å². The van der Waals surface area contributed by atoms with Crippen LogP contribution in [0.25, 0.3) is 0 Å². The molecule has 0 fully saturated rings. The molecule has 0 N–H and O–H groups in total. The van der Waals surface area contributed by atoms with Crippen molar-refractivity contribution >= 4 is 0 Å². The second-order valence-corrected chi connectivity index (χ2v) is 5.30. The van der Waals surface area contributed by atoms with E-state index in [4.69, 9.17) is 9.47 Å². The van der Waals surface area contributed by atoms with Gasteiger partial charge in [-0.05, 0) is 24.3 Å². The number of hydrogen-bond donors (Lipinski definition) is 0. The minimum absolute atomic E-state index is 0. The van der Waals surface area contributed by atoms with Crippen molar-refractivity contribution in [2.75, 3.05) is 0 Å². The first-order valence-corrected chi connectivity index (χ1v) is 8.28. The second kappa shape index (κ2) is 12.5. The molecule has 3 heteroatoms. The SMILES string of the molecule is [K+].[c-]1ccc(Oc2ccccc2)cc1.[c-]1ccc(Oc2ccccc2)cc1. The van der Waals surface area contributed by atoms with E-state index in [2.05, 4.69) is 12.1 Å². The smallest absolute Gasteiger partial charge is 0.483 e. The largest absolute Gasteiger partial charge is 1.00 e. The molecule has 0 aliphatic rings. The fraction of sp³-hybridized carbons (Fsp3) is 0. The van der Waals surface area contributed by atoms with E-state index in [9.17, 15) is 0 Å². The van der Waals surface area contributed by atoms with Gasteiger partial charge in [-0.3, -0.25) is 0 Å². The Bertz CT molecular complexity index is 715. The summed E-state index contributed by atoms with van der Waals surface area (Å²) in [6.45, 7) is 0. The molecule has 0 atom stereocenters. The number of ether oxygens (including phenoxy) is 2. The molecular weight excluding hydrogens is 359 g/mol. The summed E-state index contributed by atoms with van der Waals surface area (Å²) >= 11 is 0. The minimum Gasteiger partial charge on any atom is -0.483 e. The van der Waals surface area contributed by atoms with Crippen LogP contribution in [0, 0.1) is 12.1 Å². The van der Waals surface area contributed by atoms with E-state index in [1.54, 1.807) is 0 Å². The van der Waals surface area contributed by atoms with Crippen LogP contribution in [0.1, 0.15) is 0 Å². The average molecular weight is 378 g/mol. The Balaban J connectivity index is 0.000000187. The molecule has 0 saturated heterocycles. The van der Waals surface area contributed by atoms with Crippen LogP contribution in [0.4, 0.5) is 0 Å². The maximum absolute atomic E-state index is 5.56. The standard InChI is InChI=1S/2C12H9O.K/c2*1-3-7-11(8-4-1)13-12-9-5-2-6-10-12;/h2*1,3-10H;/q2*-1;+1. The zero-order chi connectivity index (χ0) is 17.9. The molecule has 128 valence electrons. The Hall–Kier alpha value is -1.88. The predicted octanol–water partition coefficient (Wildman–Crippen LogP) is 3.56. The summed E-state index contributed by atoms with van der Waals surface area (Å²) < 4.78 is 11.1. The van der Waals surface area contributed by atoms with Gasteiger partial charge in [0.1, 0.15) is 11.5 Å². The zero-order valence-electron chi connectivity index (χ0n) is 15.2. The normalized spacial score (nSPS) is 9.19. The van der Waals surface area contributed by atoms with Crippen LogP contribution in [-0.2, 0) is 0 Å². The molecule has 4 aromatic rings. The summed E-state index contributed by atoms with van der Waals surface area (Å²) in [4.78, 5) is 0. The molecule has 0 saturated carbocycles. The molecule has 0 bridgehead atoms. The third-order valence-corrected chi connectivity index (χ3v) is 3.33. The van der Waals surface area contributed by atoms with Gasteiger partial charge in [-0.1, -0.05) is 36.4 Å². The molecule has 4 rings (SSSR count). The maximum Gasteiger partial charge on any atom is 1.00 e. The van der Waals surface area contributed by atoms with Crippen molar-refractivity contribution in [1.82, 2.24) is 0 Å². The Morgan fingerprint density at radius 1 is 0.407 bits per heavy atom. The van der Waals surface area contributed by atoms with Gasteiger partial charge < -0.3 is 9.47 Å². The molecule has 27 heavy (non-hydrogen) atoms. The van der Waals surface area contributed by atoms with Crippen molar-refractivity contribution in [3.8, 4) is 23.0 Å². The van der Waals surface area contributed by atoms with Gasteiger partial charge in [0.05, 0.1) is 0 Å². The molecule has 0 aliphatic heterocycles. The maximum atomic E-state index is 5.56. The van der Waals surface area contributed by atoms with Gasteiger partial charge >= 0.3 is 51.4 Å². The third-order valence-electron chi connectivity index (χ3n) is 3.33. The fourth-order valence-corrected chi connectivity index (χ4v) is 2.13. The Morgan fingerprint density at radius 3 is 1.04 bits per heavy atom. The first-order valence-electron chi connectivity index (χ1n) is 8.28. The number of para-hydroxylation sites is 2. The van der Waals surface area contributed by atoms with Crippen LogP contribution in [0.15, 0.2) is 109 Å². The van der Waals surface area contributed by atoms with E-state index in [0.717, 1.165) is 23.0 Å². The van der Waals surface area contributed by atoms with E-state index in [1.165, 1.54) is 0 Å². The molecule has 2 nitrogen and oxygen atoms in total. The summed E-state index contributed by atoms with van der Waals surface area (Å²) in [5, 5.41) is 0. The monoisotopic (exact) mass is 377 g/mol. The van der Waals surface area contributed by atoms with Crippen LogP contribution in [-0.4, -0.2) is 0 Å². The summed E-state index contributed by atoms with van der Waals surface area (Å²) in [5.41, 5.74) is 0. The van der Waals surface area contributed by atoms with E-state index in [-0.39, 0.29) is 51.4 Å². The van der Waals surface area contributed by atoms with Crippen LogP contribution < -0.4 is 60.9 Å². The molecule has 4 aromatic carbocycles. The number of rotatable bonds is 4. The quantitative estimate of drug-likeness (QED) is 0.400. The molecule has 0 aromatic heterocycles.